The number of hydrogen-bond acceptors (Lipinski definition) is 5. The van der Waals surface area contributed by atoms with Crippen molar-refractivity contribution in [3.05, 3.63) is 40.1 Å². The lowest BCUT2D eigenvalue weighted by molar-refractivity contribution is 0.684. The molecule has 3 rings (SSSR count). The normalized spacial score (nSPS) is 14.5. The Morgan fingerprint density at radius 3 is 3.00 bits per heavy atom. The highest BCUT2D eigenvalue weighted by atomic mass is 32.1. The van der Waals surface area contributed by atoms with Crippen LogP contribution in [0.1, 0.15) is 29.1 Å². The number of hydrogen-bond donors (Lipinski definition) is 1. The summed E-state index contributed by atoms with van der Waals surface area (Å²) in [7, 11) is 2.10. The lowest BCUT2D eigenvalue weighted by Gasteiger charge is -2.21. The van der Waals surface area contributed by atoms with Crippen LogP contribution in [0.4, 0.5) is 5.69 Å². The largest absolute Gasteiger partial charge is 0.367 e. The van der Waals surface area contributed by atoms with Gasteiger partial charge in [0.15, 0.2) is 0 Å². The maximum absolute atomic E-state index is 4.53. The van der Waals surface area contributed by atoms with Crippen molar-refractivity contribution in [1.29, 1.82) is 0 Å². The van der Waals surface area contributed by atoms with Crippen molar-refractivity contribution in [3.8, 4) is 0 Å². The molecule has 0 spiro atoms. The van der Waals surface area contributed by atoms with E-state index in [0.29, 0.717) is 0 Å². The predicted molar refractivity (Wildman–Crippen MR) is 83.1 cm³/mol. The van der Waals surface area contributed by atoms with E-state index >= 15 is 0 Å². The summed E-state index contributed by atoms with van der Waals surface area (Å²) < 4.78 is 0. The van der Waals surface area contributed by atoms with Gasteiger partial charge in [-0.25, -0.2) is 4.98 Å². The molecule has 1 aliphatic carbocycles. The molecule has 0 unspecified atom stereocenters. The Balaban J connectivity index is 1.70. The molecule has 0 amide bonds. The second-order valence-electron chi connectivity index (χ2n) is 5.37. The molecule has 4 nitrogen and oxygen atoms in total. The van der Waals surface area contributed by atoms with E-state index in [1.54, 1.807) is 11.3 Å². The van der Waals surface area contributed by atoms with Crippen molar-refractivity contribution >= 4 is 17.0 Å². The van der Waals surface area contributed by atoms with Crippen LogP contribution in [-0.2, 0) is 13.1 Å². The number of anilines is 1. The van der Waals surface area contributed by atoms with Gasteiger partial charge in [0.1, 0.15) is 0 Å². The fourth-order valence-corrected chi connectivity index (χ4v) is 2.86. The van der Waals surface area contributed by atoms with Gasteiger partial charge in [0.25, 0.3) is 0 Å². The first-order valence-electron chi connectivity index (χ1n) is 7.01. The third-order valence-electron chi connectivity index (χ3n) is 3.52. The third-order valence-corrected chi connectivity index (χ3v) is 4.35. The van der Waals surface area contributed by atoms with Gasteiger partial charge in [0, 0.05) is 31.2 Å². The summed E-state index contributed by atoms with van der Waals surface area (Å²) >= 11 is 1.70. The van der Waals surface area contributed by atoms with Crippen LogP contribution >= 0.6 is 11.3 Å². The quantitative estimate of drug-likeness (QED) is 0.887. The molecule has 1 fully saturated rings. The smallest absolute Gasteiger partial charge is 0.0898 e. The average molecular weight is 288 g/mol. The van der Waals surface area contributed by atoms with Gasteiger partial charge >= 0.3 is 0 Å². The van der Waals surface area contributed by atoms with E-state index in [9.17, 15) is 0 Å². The molecule has 0 saturated heterocycles. The van der Waals surface area contributed by atoms with Crippen LogP contribution < -0.4 is 10.2 Å². The molecule has 1 saturated carbocycles. The van der Waals surface area contributed by atoms with E-state index in [-0.39, 0.29) is 0 Å². The molecule has 0 bridgehead atoms. The number of thiazole rings is 1. The van der Waals surface area contributed by atoms with Crippen LogP contribution in [0.3, 0.4) is 0 Å². The van der Waals surface area contributed by atoms with Crippen LogP contribution in [0.2, 0.25) is 0 Å². The maximum Gasteiger partial charge on any atom is 0.0898 e. The molecule has 1 aliphatic rings. The number of nitrogens with zero attached hydrogens (tertiary/aromatic N) is 3. The molecule has 0 radical (unpaired) electrons. The molecule has 0 aromatic carbocycles. The fourth-order valence-electron chi connectivity index (χ4n) is 2.26. The van der Waals surface area contributed by atoms with Gasteiger partial charge in [-0.05, 0) is 31.4 Å². The predicted octanol–water partition coefficient (Wildman–Crippen LogP) is 2.73. The highest BCUT2D eigenvalue weighted by Crippen LogP contribution is 2.23. The van der Waals surface area contributed by atoms with Crippen LogP contribution in [0, 0.1) is 6.92 Å². The topological polar surface area (TPSA) is 41.1 Å². The average Bonchev–Trinajstić information content (AvgIpc) is 3.19. The van der Waals surface area contributed by atoms with Crippen LogP contribution in [0.5, 0.6) is 0 Å². The SMILES string of the molecule is Cc1nc(CN(C)c2cnccc2CNC2CC2)cs1. The van der Waals surface area contributed by atoms with Crippen molar-refractivity contribution < 1.29 is 0 Å². The van der Waals surface area contributed by atoms with Gasteiger partial charge in [-0.3, -0.25) is 4.98 Å². The summed E-state index contributed by atoms with van der Waals surface area (Å²) in [6, 6.07) is 2.83. The van der Waals surface area contributed by atoms with Gasteiger partial charge in [0.2, 0.25) is 0 Å². The minimum atomic E-state index is 0.725. The Labute approximate surface area is 123 Å². The maximum atomic E-state index is 4.53. The summed E-state index contributed by atoms with van der Waals surface area (Å²) in [5.41, 5.74) is 3.62. The summed E-state index contributed by atoms with van der Waals surface area (Å²) in [5.74, 6) is 0. The molecular weight excluding hydrogens is 268 g/mol. The van der Waals surface area contributed by atoms with E-state index in [1.807, 2.05) is 19.3 Å². The standard InChI is InChI=1S/C15H20N4S/c1-11-18-14(10-20-11)9-19(2)15-8-16-6-5-12(15)7-17-13-3-4-13/h5-6,8,10,13,17H,3-4,7,9H2,1-2H3. The Bertz CT molecular complexity index is 577. The van der Waals surface area contributed by atoms with Gasteiger partial charge < -0.3 is 10.2 Å². The molecule has 106 valence electrons. The lowest BCUT2D eigenvalue weighted by atomic mass is 10.2. The molecule has 5 heteroatoms. The highest BCUT2D eigenvalue weighted by molar-refractivity contribution is 7.09. The number of nitrogens with one attached hydrogen (secondary N) is 1. The van der Waals surface area contributed by atoms with E-state index in [0.717, 1.165) is 29.8 Å². The Hall–Kier alpha value is -1.46. The second kappa shape index (κ2) is 5.89. The van der Waals surface area contributed by atoms with Crippen molar-refractivity contribution in [3.63, 3.8) is 0 Å². The number of pyridine rings is 1. The minimum Gasteiger partial charge on any atom is -0.367 e. The van der Waals surface area contributed by atoms with E-state index in [1.165, 1.54) is 24.1 Å². The van der Waals surface area contributed by atoms with E-state index in [2.05, 4.69) is 38.7 Å². The Kier molecular flexibility index (Phi) is 3.98. The molecule has 2 aromatic heterocycles. The molecule has 2 heterocycles. The first-order chi connectivity index (χ1) is 9.72. The van der Waals surface area contributed by atoms with E-state index < -0.39 is 0 Å². The summed E-state index contributed by atoms with van der Waals surface area (Å²) in [5, 5.41) is 6.82. The zero-order valence-electron chi connectivity index (χ0n) is 12.0. The lowest BCUT2D eigenvalue weighted by Crippen LogP contribution is -2.22. The van der Waals surface area contributed by atoms with Gasteiger partial charge in [-0.1, -0.05) is 0 Å². The van der Waals surface area contributed by atoms with Crippen LogP contribution in [0.25, 0.3) is 0 Å². The highest BCUT2D eigenvalue weighted by Gasteiger charge is 2.20. The molecule has 20 heavy (non-hydrogen) atoms. The first kappa shape index (κ1) is 13.5. The molecule has 2 aromatic rings. The zero-order valence-corrected chi connectivity index (χ0v) is 12.8. The Morgan fingerprint density at radius 2 is 2.30 bits per heavy atom. The van der Waals surface area contributed by atoms with Crippen molar-refractivity contribution in [2.75, 3.05) is 11.9 Å². The summed E-state index contributed by atoms with van der Waals surface area (Å²) in [4.78, 5) is 11.0. The fraction of sp³-hybridized carbons (Fsp3) is 0.467. The molecule has 0 aliphatic heterocycles. The van der Waals surface area contributed by atoms with Gasteiger partial charge in [-0.15, -0.1) is 11.3 Å². The minimum absolute atomic E-state index is 0.725. The summed E-state index contributed by atoms with van der Waals surface area (Å²) in [6.07, 6.45) is 6.44. The third kappa shape index (κ3) is 3.35. The van der Waals surface area contributed by atoms with E-state index in [4.69, 9.17) is 0 Å². The molecular formula is C15H20N4S. The molecule has 1 N–H and O–H groups in total. The second-order valence-corrected chi connectivity index (χ2v) is 6.44. The summed E-state index contributed by atoms with van der Waals surface area (Å²) in [6.45, 7) is 3.79. The van der Waals surface area contributed by atoms with Crippen molar-refractivity contribution in [2.24, 2.45) is 0 Å². The number of aryl methyl sites for hydroxylation is 1. The monoisotopic (exact) mass is 288 g/mol. The number of aromatic nitrogens is 2. The van der Waals surface area contributed by atoms with Crippen molar-refractivity contribution in [1.82, 2.24) is 15.3 Å². The van der Waals surface area contributed by atoms with Gasteiger partial charge in [0.05, 0.1) is 29.1 Å². The Morgan fingerprint density at radius 1 is 1.45 bits per heavy atom. The van der Waals surface area contributed by atoms with Crippen LogP contribution in [0.15, 0.2) is 23.8 Å². The van der Waals surface area contributed by atoms with Gasteiger partial charge in [-0.2, -0.15) is 0 Å². The first-order valence-corrected chi connectivity index (χ1v) is 7.89. The molecule has 0 atom stereocenters. The van der Waals surface area contributed by atoms with Crippen molar-refractivity contribution in [2.45, 2.75) is 38.9 Å². The van der Waals surface area contributed by atoms with Crippen LogP contribution in [-0.4, -0.2) is 23.1 Å². The zero-order chi connectivity index (χ0) is 13.9. The number of rotatable bonds is 6.